The molecule has 1 heterocycles. The van der Waals surface area contributed by atoms with E-state index in [2.05, 4.69) is 17.4 Å². The Balaban J connectivity index is 1.80. The van der Waals surface area contributed by atoms with Gasteiger partial charge in [0.05, 0.1) is 6.16 Å². The van der Waals surface area contributed by atoms with Gasteiger partial charge >= 0.3 is 19.5 Å². The lowest BCUT2D eigenvalue weighted by Crippen LogP contribution is -2.37. The molecule has 0 amide bonds. The molecule has 1 saturated heterocycles. The van der Waals surface area contributed by atoms with Gasteiger partial charge in [0.25, 0.3) is 0 Å². The van der Waals surface area contributed by atoms with Gasteiger partial charge in [0, 0.05) is 0 Å². The summed E-state index contributed by atoms with van der Waals surface area (Å²) in [5, 5.41) is 2.96. The minimum atomic E-state index is -3.99. The highest BCUT2D eigenvalue weighted by Gasteiger charge is 2.33. The molecular formula is C22H35N2O6P. The molecule has 9 heteroatoms. The van der Waals surface area contributed by atoms with Gasteiger partial charge < -0.3 is 20.7 Å². The predicted molar refractivity (Wildman–Crippen MR) is 119 cm³/mol. The van der Waals surface area contributed by atoms with Crippen LogP contribution in [-0.2, 0) is 29.8 Å². The van der Waals surface area contributed by atoms with Crippen LogP contribution in [0.1, 0.15) is 56.9 Å². The lowest BCUT2D eigenvalue weighted by molar-refractivity contribution is -0.166. The van der Waals surface area contributed by atoms with Gasteiger partial charge in [-0.3, -0.25) is 9.09 Å². The number of carbonyl (C=O) groups excluding carboxylic acids is 2. The second-order valence-electron chi connectivity index (χ2n) is 7.92. The van der Waals surface area contributed by atoms with E-state index in [1.807, 2.05) is 18.2 Å². The zero-order valence-electron chi connectivity index (χ0n) is 18.0. The summed E-state index contributed by atoms with van der Waals surface area (Å²) in [5.74, 6) is -1.57. The zero-order chi connectivity index (χ0) is 22.5. The summed E-state index contributed by atoms with van der Waals surface area (Å²) in [6.45, 7) is 1.13. The van der Waals surface area contributed by atoms with E-state index in [-0.39, 0.29) is 12.6 Å². The Kier molecular flexibility index (Phi) is 11.4. The van der Waals surface area contributed by atoms with Crippen molar-refractivity contribution in [1.29, 1.82) is 0 Å². The first-order valence-electron chi connectivity index (χ1n) is 11.1. The molecule has 0 saturated carbocycles. The molecule has 0 spiro atoms. The van der Waals surface area contributed by atoms with Gasteiger partial charge in [-0.1, -0.05) is 36.8 Å². The summed E-state index contributed by atoms with van der Waals surface area (Å²) in [5.41, 5.74) is 6.73. The Hall–Kier alpha value is -1.57. The van der Waals surface area contributed by atoms with Gasteiger partial charge in [-0.15, -0.1) is 0 Å². The molecule has 0 bridgehead atoms. The monoisotopic (exact) mass is 454 g/mol. The lowest BCUT2D eigenvalue weighted by Gasteiger charge is -2.20. The molecule has 0 aromatic heterocycles. The molecule has 2 rings (SSSR count). The van der Waals surface area contributed by atoms with Crippen molar-refractivity contribution in [3.8, 4) is 0 Å². The summed E-state index contributed by atoms with van der Waals surface area (Å²) in [4.78, 5) is 34.8. The Morgan fingerprint density at radius 1 is 1.16 bits per heavy atom. The van der Waals surface area contributed by atoms with Crippen LogP contribution in [0.25, 0.3) is 0 Å². The molecule has 1 aliphatic heterocycles. The van der Waals surface area contributed by atoms with Crippen molar-refractivity contribution in [1.82, 2.24) is 5.32 Å². The highest BCUT2D eigenvalue weighted by atomic mass is 31.2. The van der Waals surface area contributed by atoms with Crippen molar-refractivity contribution in [2.75, 3.05) is 19.3 Å². The molecule has 1 aromatic rings. The average molecular weight is 455 g/mol. The first-order valence-corrected chi connectivity index (χ1v) is 12.9. The van der Waals surface area contributed by atoms with E-state index >= 15 is 0 Å². The van der Waals surface area contributed by atoms with Crippen LogP contribution in [0.2, 0.25) is 0 Å². The molecule has 1 aliphatic rings. The second kappa shape index (κ2) is 13.8. The van der Waals surface area contributed by atoms with E-state index in [4.69, 9.17) is 15.0 Å². The Bertz CT molecular complexity index is 724. The number of ether oxygens (including phenoxy) is 1. The zero-order valence-corrected chi connectivity index (χ0v) is 18.9. The van der Waals surface area contributed by atoms with E-state index in [0.717, 1.165) is 25.7 Å². The first kappa shape index (κ1) is 25.7. The van der Waals surface area contributed by atoms with Crippen molar-refractivity contribution in [2.45, 2.75) is 69.9 Å². The fraction of sp³-hybridized carbons (Fsp3) is 0.636. The van der Waals surface area contributed by atoms with Gasteiger partial charge in [0.1, 0.15) is 6.04 Å². The summed E-state index contributed by atoms with van der Waals surface area (Å²) in [6.07, 6.45) is 4.58. The lowest BCUT2D eigenvalue weighted by atomic mass is 10.1. The van der Waals surface area contributed by atoms with Crippen molar-refractivity contribution < 1.29 is 28.3 Å². The first-order chi connectivity index (χ1) is 14.9. The van der Waals surface area contributed by atoms with E-state index in [1.54, 1.807) is 0 Å². The van der Waals surface area contributed by atoms with Crippen LogP contribution in [0.15, 0.2) is 30.3 Å². The maximum Gasteiger partial charge on any atom is 0.343 e. The number of esters is 2. The molecule has 8 nitrogen and oxygen atoms in total. The predicted octanol–water partition coefficient (Wildman–Crippen LogP) is 2.92. The number of nitrogens with two attached hydrogens (primary N) is 1. The number of nitrogens with one attached hydrogen (secondary N) is 1. The van der Waals surface area contributed by atoms with Gasteiger partial charge in [0.15, 0.2) is 6.10 Å². The third kappa shape index (κ3) is 10.1. The second-order valence-corrected chi connectivity index (χ2v) is 9.86. The summed E-state index contributed by atoms with van der Waals surface area (Å²) >= 11 is 0. The number of unbranched alkanes of at least 4 members (excludes halogenated alkanes) is 3. The van der Waals surface area contributed by atoms with Crippen LogP contribution in [-0.4, -0.2) is 48.2 Å². The van der Waals surface area contributed by atoms with Gasteiger partial charge in [-0.25, -0.2) is 9.59 Å². The molecule has 4 N–H and O–H groups in total. The van der Waals surface area contributed by atoms with E-state index in [9.17, 15) is 19.0 Å². The maximum absolute atomic E-state index is 12.5. The third-order valence-corrected chi connectivity index (χ3v) is 6.74. The van der Waals surface area contributed by atoms with Crippen molar-refractivity contribution in [2.24, 2.45) is 5.73 Å². The summed E-state index contributed by atoms with van der Waals surface area (Å²) in [7, 11) is -3.99. The quantitative estimate of drug-likeness (QED) is 0.169. The van der Waals surface area contributed by atoms with E-state index < -0.39 is 31.7 Å². The normalized spacial score (nSPS) is 19.0. The van der Waals surface area contributed by atoms with Crippen molar-refractivity contribution in [3.05, 3.63) is 35.9 Å². The highest BCUT2D eigenvalue weighted by molar-refractivity contribution is 7.52. The van der Waals surface area contributed by atoms with E-state index in [1.165, 1.54) is 5.56 Å². The Labute approximate surface area is 184 Å². The summed E-state index contributed by atoms with van der Waals surface area (Å²) in [6, 6.07) is 9.54. The van der Waals surface area contributed by atoms with Crippen LogP contribution in [0, 0.1) is 0 Å². The van der Waals surface area contributed by atoms with Crippen LogP contribution < -0.4 is 11.1 Å². The molecule has 1 fully saturated rings. The molecule has 0 aliphatic carbocycles. The fourth-order valence-corrected chi connectivity index (χ4v) is 4.84. The van der Waals surface area contributed by atoms with Crippen LogP contribution in [0.4, 0.5) is 0 Å². The van der Waals surface area contributed by atoms with Gasteiger partial charge in [-0.2, -0.15) is 0 Å². The summed E-state index contributed by atoms with van der Waals surface area (Å²) < 4.78 is 22.8. The standard InChI is InChI=1S/C22H35N2O6P/c23-15-7-6-14-20(22(26)29-21(25)19-13-9-16-24-19)30-31(27,28)17-8-2-5-12-18-10-3-1-4-11-18/h1,3-4,10-11,19-20,24H,2,5-9,12-17,23H2,(H,27,28)/t19-,20?/m0/s1. The minimum absolute atomic E-state index is 0.0411. The van der Waals surface area contributed by atoms with Crippen LogP contribution in [0.3, 0.4) is 0 Å². The largest absolute Gasteiger partial charge is 0.390 e. The molecule has 0 radical (unpaired) electrons. The SMILES string of the molecule is NCCCCC(OP(=O)(O)CCCCCc1ccccc1)C(=O)OC(=O)[C@@H]1CCCN1. The topological polar surface area (TPSA) is 128 Å². The molecular weight excluding hydrogens is 419 g/mol. The number of hydrogen-bond acceptors (Lipinski definition) is 7. The number of rotatable bonds is 14. The van der Waals surface area contributed by atoms with Crippen molar-refractivity contribution >= 4 is 19.5 Å². The number of hydrogen-bond donors (Lipinski definition) is 3. The van der Waals surface area contributed by atoms with Crippen LogP contribution in [0.5, 0.6) is 0 Å². The number of aryl methyl sites for hydroxylation is 1. The van der Waals surface area contributed by atoms with Crippen molar-refractivity contribution in [3.63, 3.8) is 0 Å². The third-order valence-electron chi connectivity index (χ3n) is 5.27. The molecule has 3 atom stereocenters. The van der Waals surface area contributed by atoms with Gasteiger partial charge in [-0.05, 0) is 70.0 Å². The maximum atomic E-state index is 12.5. The van der Waals surface area contributed by atoms with Crippen LogP contribution >= 0.6 is 7.60 Å². The smallest absolute Gasteiger partial charge is 0.343 e. The Morgan fingerprint density at radius 3 is 2.61 bits per heavy atom. The minimum Gasteiger partial charge on any atom is -0.390 e. The number of benzene rings is 1. The average Bonchev–Trinajstić information content (AvgIpc) is 3.28. The molecule has 174 valence electrons. The molecule has 1 aromatic carbocycles. The Morgan fingerprint density at radius 2 is 1.94 bits per heavy atom. The van der Waals surface area contributed by atoms with E-state index in [0.29, 0.717) is 38.8 Å². The number of carbonyl (C=O) groups is 2. The highest BCUT2D eigenvalue weighted by Crippen LogP contribution is 2.45. The van der Waals surface area contributed by atoms with Gasteiger partial charge in [0.2, 0.25) is 0 Å². The fourth-order valence-electron chi connectivity index (χ4n) is 3.52. The molecule has 2 unspecified atom stereocenters. The molecule has 31 heavy (non-hydrogen) atoms.